The number of amides is 2. The van der Waals surface area contributed by atoms with E-state index in [0.29, 0.717) is 23.1 Å². The molecular formula is C24H27N3O4. The molecule has 0 aliphatic heterocycles. The van der Waals surface area contributed by atoms with E-state index in [-0.39, 0.29) is 22.9 Å². The molecule has 2 N–H and O–H groups in total. The number of rotatable bonds is 5. The van der Waals surface area contributed by atoms with Crippen molar-refractivity contribution >= 4 is 12.0 Å². The minimum atomic E-state index is -0.477. The number of nitrogens with zero attached hydrogens (tertiary/aromatic N) is 1. The van der Waals surface area contributed by atoms with Crippen LogP contribution in [0.15, 0.2) is 48.7 Å². The zero-order chi connectivity index (χ0) is 21.5. The van der Waals surface area contributed by atoms with Crippen LogP contribution in [0.4, 0.5) is 4.79 Å². The summed E-state index contributed by atoms with van der Waals surface area (Å²) in [4.78, 5) is 29.8. The molecule has 4 aliphatic carbocycles. The maximum Gasteiger partial charge on any atom is 0.414 e. The van der Waals surface area contributed by atoms with E-state index in [4.69, 9.17) is 9.47 Å². The monoisotopic (exact) mass is 421 g/mol. The van der Waals surface area contributed by atoms with Gasteiger partial charge in [-0.3, -0.25) is 4.79 Å². The summed E-state index contributed by atoms with van der Waals surface area (Å²) in [6, 6.07) is 12.4. The van der Waals surface area contributed by atoms with Gasteiger partial charge in [0, 0.05) is 28.9 Å². The van der Waals surface area contributed by atoms with Crippen molar-refractivity contribution in [3.63, 3.8) is 0 Å². The van der Waals surface area contributed by atoms with Crippen LogP contribution in [0.3, 0.4) is 0 Å². The largest absolute Gasteiger partial charge is 0.497 e. The Bertz CT molecular complexity index is 979. The Morgan fingerprint density at radius 3 is 2.42 bits per heavy atom. The summed E-state index contributed by atoms with van der Waals surface area (Å²) >= 11 is 0. The Labute approximate surface area is 181 Å². The van der Waals surface area contributed by atoms with Gasteiger partial charge in [-0.2, -0.15) is 0 Å². The number of hydrogen-bond acceptors (Lipinski definition) is 5. The fraction of sp³-hybridized carbons (Fsp3) is 0.458. The van der Waals surface area contributed by atoms with E-state index in [1.807, 2.05) is 12.1 Å². The lowest BCUT2D eigenvalue weighted by molar-refractivity contribution is -0.0449. The summed E-state index contributed by atoms with van der Waals surface area (Å²) in [6.45, 7) is 0. The number of methoxy groups -OCH3 is 1. The molecule has 1 heterocycles. The summed E-state index contributed by atoms with van der Waals surface area (Å²) in [7, 11) is 1.59. The van der Waals surface area contributed by atoms with Crippen molar-refractivity contribution in [1.82, 2.24) is 15.6 Å². The van der Waals surface area contributed by atoms with Crippen molar-refractivity contribution in [2.75, 3.05) is 7.11 Å². The molecule has 2 atom stereocenters. The number of carbonyl (C=O) groups excluding carboxylic acids is 2. The first kappa shape index (κ1) is 19.8. The van der Waals surface area contributed by atoms with Gasteiger partial charge in [-0.15, -0.1) is 0 Å². The predicted molar refractivity (Wildman–Crippen MR) is 114 cm³/mol. The molecule has 4 aliphatic rings. The summed E-state index contributed by atoms with van der Waals surface area (Å²) in [5.74, 6) is 1.83. The van der Waals surface area contributed by atoms with Crippen LogP contribution in [-0.2, 0) is 0 Å². The zero-order valence-electron chi connectivity index (χ0n) is 17.6. The second kappa shape index (κ2) is 7.55. The average molecular weight is 421 g/mol. The van der Waals surface area contributed by atoms with E-state index in [2.05, 4.69) is 15.6 Å². The molecule has 2 aromatic rings. The first-order chi connectivity index (χ1) is 15.0. The summed E-state index contributed by atoms with van der Waals surface area (Å²) in [5, 5.41) is 6.50. The molecule has 4 fully saturated rings. The third kappa shape index (κ3) is 3.96. The molecule has 4 bridgehead atoms. The van der Waals surface area contributed by atoms with E-state index in [0.717, 1.165) is 38.5 Å². The van der Waals surface area contributed by atoms with Gasteiger partial charge in [0.05, 0.1) is 7.11 Å². The van der Waals surface area contributed by atoms with Crippen LogP contribution >= 0.6 is 0 Å². The standard InChI is InChI=1S/C24H27N3O4/c1-30-19-6-4-5-18(10-19)21(28)26-23-11-16-9-17(12-23)14-24(13-16,15-23)27-22(29)31-20-7-2-3-8-25-20/h2-8,10,16-17H,9,11-15H2,1H3,(H,26,28)(H,27,29). The van der Waals surface area contributed by atoms with Crippen LogP contribution in [-0.4, -0.2) is 35.2 Å². The zero-order valence-corrected chi connectivity index (χ0v) is 17.6. The van der Waals surface area contributed by atoms with Crippen LogP contribution < -0.4 is 20.1 Å². The topological polar surface area (TPSA) is 89.6 Å². The van der Waals surface area contributed by atoms with E-state index < -0.39 is 6.09 Å². The second-order valence-corrected chi connectivity index (χ2v) is 9.39. The fourth-order valence-corrected chi connectivity index (χ4v) is 6.38. The van der Waals surface area contributed by atoms with Crippen LogP contribution in [0.5, 0.6) is 11.6 Å². The number of aromatic nitrogens is 1. The van der Waals surface area contributed by atoms with Gasteiger partial charge in [-0.1, -0.05) is 12.1 Å². The van der Waals surface area contributed by atoms with Crippen molar-refractivity contribution < 1.29 is 19.1 Å². The minimum absolute atomic E-state index is 0.0907. The highest BCUT2D eigenvalue weighted by molar-refractivity contribution is 5.95. The highest BCUT2D eigenvalue weighted by Crippen LogP contribution is 2.57. The van der Waals surface area contributed by atoms with Crippen molar-refractivity contribution in [2.24, 2.45) is 11.8 Å². The number of carbonyl (C=O) groups is 2. The van der Waals surface area contributed by atoms with Gasteiger partial charge in [-0.05, 0) is 74.6 Å². The Morgan fingerprint density at radius 2 is 1.74 bits per heavy atom. The molecule has 31 heavy (non-hydrogen) atoms. The average Bonchev–Trinajstić information content (AvgIpc) is 2.72. The van der Waals surface area contributed by atoms with Gasteiger partial charge in [-0.25, -0.2) is 9.78 Å². The summed E-state index contributed by atoms with van der Waals surface area (Å²) in [5.41, 5.74) is -0.0631. The van der Waals surface area contributed by atoms with E-state index >= 15 is 0 Å². The number of benzene rings is 1. The van der Waals surface area contributed by atoms with Gasteiger partial charge in [0.15, 0.2) is 0 Å². The third-order valence-corrected chi connectivity index (χ3v) is 6.97. The fourth-order valence-electron chi connectivity index (χ4n) is 6.38. The van der Waals surface area contributed by atoms with Gasteiger partial charge in [0.2, 0.25) is 5.88 Å². The first-order valence-electron chi connectivity index (χ1n) is 10.8. The van der Waals surface area contributed by atoms with Gasteiger partial charge < -0.3 is 20.1 Å². The van der Waals surface area contributed by atoms with Crippen LogP contribution in [0, 0.1) is 11.8 Å². The maximum absolute atomic E-state index is 13.1. The van der Waals surface area contributed by atoms with Crippen LogP contribution in [0.2, 0.25) is 0 Å². The highest BCUT2D eigenvalue weighted by Gasteiger charge is 2.59. The number of hydrogen-bond donors (Lipinski definition) is 2. The maximum atomic E-state index is 13.1. The summed E-state index contributed by atoms with van der Waals surface area (Å²) in [6.07, 6.45) is 6.77. The Hall–Kier alpha value is -3.09. The molecule has 0 spiro atoms. The molecule has 7 heteroatoms. The normalized spacial score (nSPS) is 30.5. The smallest absolute Gasteiger partial charge is 0.414 e. The molecule has 4 saturated carbocycles. The van der Waals surface area contributed by atoms with Crippen LogP contribution in [0.1, 0.15) is 48.9 Å². The lowest BCUT2D eigenvalue weighted by Gasteiger charge is -2.62. The van der Waals surface area contributed by atoms with Gasteiger partial charge >= 0.3 is 6.09 Å². The Balaban J connectivity index is 1.32. The van der Waals surface area contributed by atoms with Crippen molar-refractivity contribution in [2.45, 2.75) is 49.6 Å². The number of nitrogens with one attached hydrogen (secondary N) is 2. The van der Waals surface area contributed by atoms with E-state index in [1.54, 1.807) is 43.6 Å². The lowest BCUT2D eigenvalue weighted by atomic mass is 9.50. The second-order valence-electron chi connectivity index (χ2n) is 9.39. The van der Waals surface area contributed by atoms with Crippen molar-refractivity contribution in [3.05, 3.63) is 54.2 Å². The van der Waals surface area contributed by atoms with Crippen LogP contribution in [0.25, 0.3) is 0 Å². The predicted octanol–water partition coefficient (Wildman–Crippen LogP) is 3.70. The highest BCUT2D eigenvalue weighted by atomic mass is 16.6. The molecule has 6 rings (SSSR count). The van der Waals surface area contributed by atoms with Crippen molar-refractivity contribution in [3.8, 4) is 11.6 Å². The molecule has 2 unspecified atom stereocenters. The first-order valence-corrected chi connectivity index (χ1v) is 10.8. The molecule has 1 aromatic heterocycles. The van der Waals surface area contributed by atoms with E-state index in [9.17, 15) is 9.59 Å². The molecule has 1 aromatic carbocycles. The Kier molecular flexibility index (Phi) is 4.84. The number of ether oxygens (including phenoxy) is 2. The quantitative estimate of drug-likeness (QED) is 0.768. The van der Waals surface area contributed by atoms with Gasteiger partial charge in [0.1, 0.15) is 5.75 Å². The SMILES string of the molecule is COc1cccc(C(=O)NC23CC4CC(CC(NC(=O)Oc5ccccn5)(C4)C2)C3)c1. The minimum Gasteiger partial charge on any atom is -0.497 e. The Morgan fingerprint density at radius 1 is 1.00 bits per heavy atom. The number of pyridine rings is 1. The van der Waals surface area contributed by atoms with E-state index in [1.165, 1.54) is 0 Å². The molecule has 7 nitrogen and oxygen atoms in total. The molecule has 162 valence electrons. The summed E-state index contributed by atoms with van der Waals surface area (Å²) < 4.78 is 10.7. The molecular weight excluding hydrogens is 394 g/mol. The molecule has 0 saturated heterocycles. The lowest BCUT2D eigenvalue weighted by Crippen LogP contribution is -2.70. The molecule has 0 radical (unpaired) electrons. The molecule has 2 amide bonds. The third-order valence-electron chi connectivity index (χ3n) is 6.97. The van der Waals surface area contributed by atoms with Gasteiger partial charge in [0.25, 0.3) is 5.91 Å². The van der Waals surface area contributed by atoms with Crippen molar-refractivity contribution in [1.29, 1.82) is 0 Å².